The van der Waals surface area contributed by atoms with Gasteiger partial charge in [0.05, 0.1) is 0 Å². The van der Waals surface area contributed by atoms with E-state index in [1.165, 1.54) is 5.69 Å². The lowest BCUT2D eigenvalue weighted by molar-refractivity contribution is 0.754. The van der Waals surface area contributed by atoms with E-state index in [9.17, 15) is 0 Å². The lowest BCUT2D eigenvalue weighted by Crippen LogP contribution is -2.25. The first-order valence-electron chi connectivity index (χ1n) is 4.61. The third-order valence-electron chi connectivity index (χ3n) is 2.44. The van der Waals surface area contributed by atoms with Crippen LogP contribution in [-0.2, 0) is 0 Å². The van der Waals surface area contributed by atoms with Crippen molar-refractivity contribution in [3.05, 3.63) is 23.8 Å². The first-order valence-corrected chi connectivity index (χ1v) is 4.61. The van der Waals surface area contributed by atoms with Crippen molar-refractivity contribution in [3.8, 4) is 0 Å². The molecule has 0 unspecified atom stereocenters. The first-order chi connectivity index (χ1) is 6.02. The van der Waals surface area contributed by atoms with Crippen LogP contribution in [0.5, 0.6) is 0 Å². The van der Waals surface area contributed by atoms with Gasteiger partial charge in [-0.2, -0.15) is 0 Å². The number of anilines is 2. The summed E-state index contributed by atoms with van der Waals surface area (Å²) in [5, 5.41) is 0. The van der Waals surface area contributed by atoms with E-state index in [4.69, 9.17) is 5.73 Å². The minimum absolute atomic E-state index is 0.517. The Morgan fingerprint density at radius 1 is 1.31 bits per heavy atom. The predicted octanol–water partition coefficient (Wildman–Crippen LogP) is 2.42. The van der Waals surface area contributed by atoms with Gasteiger partial charge in [0, 0.05) is 24.5 Å². The molecule has 0 saturated heterocycles. The zero-order valence-electron chi connectivity index (χ0n) is 8.83. The molecule has 0 aliphatic rings. The third-order valence-corrected chi connectivity index (χ3v) is 2.44. The van der Waals surface area contributed by atoms with Crippen molar-refractivity contribution in [2.75, 3.05) is 17.7 Å². The molecule has 2 heteroatoms. The van der Waals surface area contributed by atoms with Crippen LogP contribution in [0.2, 0.25) is 0 Å². The van der Waals surface area contributed by atoms with Crippen LogP contribution in [0.1, 0.15) is 19.4 Å². The average molecular weight is 178 g/mol. The molecule has 1 rings (SSSR count). The summed E-state index contributed by atoms with van der Waals surface area (Å²) in [5.41, 5.74) is 8.98. The molecule has 0 atom stereocenters. The Labute approximate surface area is 80.4 Å². The molecule has 0 radical (unpaired) electrons. The number of rotatable bonds is 2. The predicted molar refractivity (Wildman–Crippen MR) is 59.1 cm³/mol. The largest absolute Gasteiger partial charge is 0.399 e. The van der Waals surface area contributed by atoms with Crippen LogP contribution >= 0.6 is 0 Å². The van der Waals surface area contributed by atoms with E-state index < -0.39 is 0 Å². The molecule has 13 heavy (non-hydrogen) atoms. The number of benzene rings is 1. The van der Waals surface area contributed by atoms with Gasteiger partial charge in [-0.15, -0.1) is 0 Å². The summed E-state index contributed by atoms with van der Waals surface area (Å²) >= 11 is 0. The molecule has 0 heterocycles. The lowest BCUT2D eigenvalue weighted by Gasteiger charge is -2.24. The molecular formula is C11H18N2. The number of hydrogen-bond acceptors (Lipinski definition) is 2. The lowest BCUT2D eigenvalue weighted by atomic mass is 10.1. The molecule has 0 aliphatic carbocycles. The number of nitrogens with two attached hydrogens (primary N) is 1. The van der Waals surface area contributed by atoms with Crippen molar-refractivity contribution in [3.63, 3.8) is 0 Å². The van der Waals surface area contributed by atoms with E-state index in [1.54, 1.807) is 0 Å². The molecular weight excluding hydrogens is 160 g/mol. The Morgan fingerprint density at radius 3 is 2.38 bits per heavy atom. The molecule has 0 amide bonds. The Balaban J connectivity index is 2.97. The summed E-state index contributed by atoms with van der Waals surface area (Å²) < 4.78 is 0. The molecule has 0 spiro atoms. The highest BCUT2D eigenvalue weighted by Crippen LogP contribution is 2.20. The van der Waals surface area contributed by atoms with Gasteiger partial charge in [-0.05, 0) is 44.5 Å². The topological polar surface area (TPSA) is 29.3 Å². The number of hydrogen-bond donors (Lipinski definition) is 1. The van der Waals surface area contributed by atoms with Gasteiger partial charge >= 0.3 is 0 Å². The summed E-state index contributed by atoms with van der Waals surface area (Å²) in [7, 11) is 2.09. The molecule has 1 aromatic rings. The van der Waals surface area contributed by atoms with Crippen molar-refractivity contribution in [1.29, 1.82) is 0 Å². The molecule has 0 aliphatic heterocycles. The SMILES string of the molecule is Cc1cc(N(C)C(C)C)ccc1N. The van der Waals surface area contributed by atoms with Gasteiger partial charge in [0.25, 0.3) is 0 Å². The Hall–Kier alpha value is -1.18. The summed E-state index contributed by atoms with van der Waals surface area (Å²) in [6.07, 6.45) is 0. The van der Waals surface area contributed by atoms with Crippen molar-refractivity contribution in [1.82, 2.24) is 0 Å². The molecule has 0 saturated carbocycles. The Kier molecular flexibility index (Phi) is 2.81. The van der Waals surface area contributed by atoms with Crippen LogP contribution in [0, 0.1) is 6.92 Å². The fraction of sp³-hybridized carbons (Fsp3) is 0.455. The highest BCUT2D eigenvalue weighted by atomic mass is 15.1. The second-order valence-corrected chi connectivity index (χ2v) is 3.75. The quantitative estimate of drug-likeness (QED) is 0.705. The fourth-order valence-electron chi connectivity index (χ4n) is 1.18. The zero-order chi connectivity index (χ0) is 10.0. The highest BCUT2D eigenvalue weighted by molar-refractivity contribution is 5.57. The maximum absolute atomic E-state index is 5.75. The van der Waals surface area contributed by atoms with Crippen LogP contribution in [-0.4, -0.2) is 13.1 Å². The number of nitrogen functional groups attached to an aromatic ring is 1. The van der Waals surface area contributed by atoms with Crippen molar-refractivity contribution in [2.24, 2.45) is 0 Å². The van der Waals surface area contributed by atoms with Gasteiger partial charge in [0.2, 0.25) is 0 Å². The minimum Gasteiger partial charge on any atom is -0.399 e. The molecule has 2 nitrogen and oxygen atoms in total. The van der Waals surface area contributed by atoms with Crippen LogP contribution < -0.4 is 10.6 Å². The van der Waals surface area contributed by atoms with Gasteiger partial charge in [-0.25, -0.2) is 0 Å². The molecule has 1 aromatic carbocycles. The maximum atomic E-state index is 5.75. The highest BCUT2D eigenvalue weighted by Gasteiger charge is 2.05. The van der Waals surface area contributed by atoms with Gasteiger partial charge in [0.1, 0.15) is 0 Å². The zero-order valence-corrected chi connectivity index (χ0v) is 8.83. The summed E-state index contributed by atoms with van der Waals surface area (Å²) in [5.74, 6) is 0. The van der Waals surface area contributed by atoms with Crippen molar-refractivity contribution in [2.45, 2.75) is 26.8 Å². The average Bonchev–Trinajstić information content (AvgIpc) is 2.08. The van der Waals surface area contributed by atoms with E-state index in [2.05, 4.69) is 37.9 Å². The smallest absolute Gasteiger partial charge is 0.0370 e. The minimum atomic E-state index is 0.517. The molecule has 2 N–H and O–H groups in total. The number of aryl methyl sites for hydroxylation is 1. The van der Waals surface area contributed by atoms with Gasteiger partial charge in [-0.1, -0.05) is 0 Å². The maximum Gasteiger partial charge on any atom is 0.0370 e. The van der Waals surface area contributed by atoms with Crippen LogP contribution in [0.3, 0.4) is 0 Å². The van der Waals surface area contributed by atoms with Crippen LogP contribution in [0.4, 0.5) is 11.4 Å². The normalized spacial score (nSPS) is 10.5. The fourth-order valence-corrected chi connectivity index (χ4v) is 1.18. The second kappa shape index (κ2) is 3.69. The molecule has 72 valence electrons. The van der Waals surface area contributed by atoms with E-state index in [0.29, 0.717) is 6.04 Å². The van der Waals surface area contributed by atoms with Gasteiger partial charge in [0.15, 0.2) is 0 Å². The number of nitrogens with zero attached hydrogens (tertiary/aromatic N) is 1. The second-order valence-electron chi connectivity index (χ2n) is 3.75. The first kappa shape index (κ1) is 9.90. The van der Waals surface area contributed by atoms with Crippen LogP contribution in [0.15, 0.2) is 18.2 Å². The third kappa shape index (κ3) is 2.14. The Morgan fingerprint density at radius 2 is 1.92 bits per heavy atom. The standard InChI is InChI=1S/C11H18N2/c1-8(2)13(4)10-5-6-11(12)9(3)7-10/h5-8H,12H2,1-4H3. The summed E-state index contributed by atoms with van der Waals surface area (Å²) in [4.78, 5) is 2.23. The van der Waals surface area contributed by atoms with E-state index in [1.807, 2.05) is 13.0 Å². The molecule has 0 fully saturated rings. The van der Waals surface area contributed by atoms with Gasteiger partial charge in [-0.3, -0.25) is 0 Å². The summed E-state index contributed by atoms with van der Waals surface area (Å²) in [6.45, 7) is 6.38. The monoisotopic (exact) mass is 178 g/mol. The van der Waals surface area contributed by atoms with E-state index in [-0.39, 0.29) is 0 Å². The van der Waals surface area contributed by atoms with Crippen molar-refractivity contribution >= 4 is 11.4 Å². The van der Waals surface area contributed by atoms with Gasteiger partial charge < -0.3 is 10.6 Å². The van der Waals surface area contributed by atoms with Crippen molar-refractivity contribution < 1.29 is 0 Å². The Bertz CT molecular complexity index is 292. The van der Waals surface area contributed by atoms with E-state index >= 15 is 0 Å². The van der Waals surface area contributed by atoms with Crippen LogP contribution in [0.25, 0.3) is 0 Å². The van der Waals surface area contributed by atoms with E-state index in [0.717, 1.165) is 11.3 Å². The molecule has 0 aromatic heterocycles. The summed E-state index contributed by atoms with van der Waals surface area (Å²) in [6, 6.07) is 6.66. The molecule has 0 bridgehead atoms.